The van der Waals surface area contributed by atoms with E-state index < -0.39 is 35.2 Å². The number of rotatable bonds is 46. The molecule has 0 N–H and O–H groups in total. The van der Waals surface area contributed by atoms with Gasteiger partial charge in [0.15, 0.2) is 11.6 Å². The zero-order chi connectivity index (χ0) is 47.4. The summed E-state index contributed by atoms with van der Waals surface area (Å²) in [4.78, 5) is 4.86. The Morgan fingerprint density at radius 2 is 0.453 bits per heavy atom. The molecule has 1 aromatic rings. The number of hydrogen-bond acceptors (Lipinski definition) is 18. The van der Waals surface area contributed by atoms with Gasteiger partial charge in [-0.1, -0.05) is 0 Å². The van der Waals surface area contributed by atoms with Crippen LogP contribution in [0.3, 0.4) is 0 Å². The molecule has 0 aliphatic heterocycles. The van der Waals surface area contributed by atoms with Gasteiger partial charge >= 0.3 is 35.2 Å². The summed E-state index contributed by atoms with van der Waals surface area (Å²) in [5.74, 6) is 1.23. The summed E-state index contributed by atoms with van der Waals surface area (Å²) in [6.07, 6.45) is 4.67. The molecular weight excluding hydrogens is 893 g/mol. The molecule has 0 radical (unpaired) electrons. The van der Waals surface area contributed by atoms with Crippen LogP contribution >= 0.6 is 0 Å². The van der Waals surface area contributed by atoms with Crippen LogP contribution in [0.2, 0.25) is 24.2 Å². The third kappa shape index (κ3) is 24.5. The van der Waals surface area contributed by atoms with Crippen molar-refractivity contribution >= 4 is 35.2 Å². The van der Waals surface area contributed by atoms with Crippen LogP contribution < -0.4 is 0 Å². The van der Waals surface area contributed by atoms with Crippen LogP contribution in [0, 0.1) is 0 Å². The van der Waals surface area contributed by atoms with Crippen molar-refractivity contribution in [3.63, 3.8) is 0 Å². The van der Waals surface area contributed by atoms with Crippen molar-refractivity contribution in [1.29, 1.82) is 0 Å². The van der Waals surface area contributed by atoms with Gasteiger partial charge in [-0.15, -0.1) is 20.4 Å². The summed E-state index contributed by atoms with van der Waals surface area (Å²) in [6.45, 7) is 35.4. The minimum absolute atomic E-state index is 0.555. The normalized spacial score (nSPS) is 13.0. The van der Waals surface area contributed by atoms with E-state index in [1.54, 1.807) is 0 Å². The summed E-state index contributed by atoms with van der Waals surface area (Å²) in [5, 5.41) is 18.2. The maximum absolute atomic E-state index is 6.16. The Labute approximate surface area is 393 Å². The summed E-state index contributed by atoms with van der Waals surface area (Å²) in [6, 6.07) is 2.95. The second-order valence-electron chi connectivity index (χ2n) is 14.8. The Balaban J connectivity index is 3.16. The lowest BCUT2D eigenvalue weighted by atomic mass is 10.3. The van der Waals surface area contributed by atoms with Crippen LogP contribution in [0.15, 0.2) is 0 Å². The SMILES string of the molecule is CCO[Si](CCCN(CCC[Si](OCC)(OCC)OCC)CCc1nnc(CCN(CCC[Si](OCC)(OCC)OCC)CCC[Si](OCC)(OCC)OCC)nn1)(OCC)OCC. The third-order valence-electron chi connectivity index (χ3n) is 10.1. The molecular formula is C42H92N6O12Si4. The topological polar surface area (TPSA) is 169 Å². The highest BCUT2D eigenvalue weighted by atomic mass is 28.4. The van der Waals surface area contributed by atoms with Crippen LogP contribution in [0.25, 0.3) is 0 Å². The molecule has 0 saturated heterocycles. The third-order valence-corrected chi connectivity index (χ3v) is 22.7. The van der Waals surface area contributed by atoms with E-state index in [0.717, 1.165) is 89.1 Å². The minimum atomic E-state index is -2.78. The quantitative estimate of drug-likeness (QED) is 0.0632. The maximum atomic E-state index is 6.16. The van der Waals surface area contributed by atoms with Crippen molar-refractivity contribution in [2.45, 2.75) is 146 Å². The molecule has 1 heterocycles. The fourth-order valence-electron chi connectivity index (χ4n) is 7.74. The Kier molecular flexibility index (Phi) is 35.6. The van der Waals surface area contributed by atoms with E-state index >= 15 is 0 Å². The van der Waals surface area contributed by atoms with Crippen LogP contribution in [-0.2, 0) is 66.0 Å². The second-order valence-corrected chi connectivity index (χ2v) is 25.7. The van der Waals surface area contributed by atoms with Gasteiger partial charge in [0, 0.05) is 129 Å². The van der Waals surface area contributed by atoms with Gasteiger partial charge in [-0.2, -0.15) is 0 Å². The standard InChI is InChI=1S/C42H92N6O12Si4/c1-13-49-61(50-14-2,51-15-3)37-25-31-47(32-26-38-62(52-16-4,53-17-5)54-18-6)35-29-41-43-45-42(46-44-41)30-36-48(33-27-39-63(55-19-7,56-20-8)57-21-9)34-28-40-64(58-22-10,59-23-11)60-24-12/h13-40H2,1-12H3. The molecule has 0 saturated carbocycles. The fraction of sp³-hybridized carbons (Fsp3) is 0.952. The lowest BCUT2D eigenvalue weighted by Crippen LogP contribution is -2.47. The van der Waals surface area contributed by atoms with Crippen molar-refractivity contribution in [2.24, 2.45) is 0 Å². The predicted molar refractivity (Wildman–Crippen MR) is 258 cm³/mol. The molecule has 0 aliphatic carbocycles. The molecule has 1 rings (SSSR count). The largest absolute Gasteiger partial charge is 0.500 e. The van der Waals surface area contributed by atoms with Crippen molar-refractivity contribution in [2.75, 3.05) is 119 Å². The first-order valence-corrected chi connectivity index (χ1v) is 32.4. The van der Waals surface area contributed by atoms with Crippen molar-refractivity contribution < 1.29 is 53.1 Å². The van der Waals surface area contributed by atoms with Gasteiger partial charge in [-0.05, 0) is 135 Å². The number of hydrogen-bond donors (Lipinski definition) is 0. The van der Waals surface area contributed by atoms with Crippen LogP contribution in [0.5, 0.6) is 0 Å². The van der Waals surface area contributed by atoms with Gasteiger partial charge in [-0.3, -0.25) is 0 Å². The van der Waals surface area contributed by atoms with E-state index in [2.05, 4.69) is 30.2 Å². The molecule has 64 heavy (non-hydrogen) atoms. The van der Waals surface area contributed by atoms with Crippen LogP contribution in [0.1, 0.15) is 120 Å². The molecule has 378 valence electrons. The van der Waals surface area contributed by atoms with Crippen molar-refractivity contribution in [1.82, 2.24) is 30.2 Å². The fourth-order valence-corrected chi connectivity index (χ4v) is 18.1. The molecule has 22 heteroatoms. The van der Waals surface area contributed by atoms with E-state index in [1.165, 1.54) is 0 Å². The lowest BCUT2D eigenvalue weighted by molar-refractivity contribution is 0.0677. The highest BCUT2D eigenvalue weighted by Gasteiger charge is 2.43. The van der Waals surface area contributed by atoms with E-state index in [0.29, 0.717) is 104 Å². The highest BCUT2D eigenvalue weighted by Crippen LogP contribution is 2.23. The zero-order valence-electron chi connectivity index (χ0n) is 42.4. The second kappa shape index (κ2) is 37.2. The van der Waals surface area contributed by atoms with Gasteiger partial charge in [0.1, 0.15) is 0 Å². The highest BCUT2D eigenvalue weighted by molar-refractivity contribution is 6.61. The van der Waals surface area contributed by atoms with Gasteiger partial charge in [0.05, 0.1) is 0 Å². The molecule has 0 bridgehead atoms. The number of nitrogens with zero attached hydrogens (tertiary/aromatic N) is 6. The molecule has 0 aromatic carbocycles. The Morgan fingerprint density at radius 3 is 0.609 bits per heavy atom. The molecule has 0 spiro atoms. The van der Waals surface area contributed by atoms with E-state index in [4.69, 9.17) is 53.1 Å². The first-order valence-electron chi connectivity index (χ1n) is 24.7. The first-order chi connectivity index (χ1) is 31.0. The lowest BCUT2D eigenvalue weighted by Gasteiger charge is -2.31. The smallest absolute Gasteiger partial charge is 0.374 e. The molecule has 0 atom stereocenters. The molecule has 0 unspecified atom stereocenters. The Morgan fingerprint density at radius 1 is 0.281 bits per heavy atom. The minimum Gasteiger partial charge on any atom is -0.374 e. The Bertz CT molecular complexity index is 1020. The molecule has 0 aliphatic rings. The average molecular weight is 986 g/mol. The molecule has 18 nitrogen and oxygen atoms in total. The monoisotopic (exact) mass is 985 g/mol. The van der Waals surface area contributed by atoms with E-state index in [-0.39, 0.29) is 0 Å². The van der Waals surface area contributed by atoms with Gasteiger partial charge in [-0.25, -0.2) is 0 Å². The molecule has 0 amide bonds. The number of aromatic nitrogens is 4. The maximum Gasteiger partial charge on any atom is 0.500 e. The van der Waals surface area contributed by atoms with Crippen LogP contribution in [-0.4, -0.2) is 184 Å². The van der Waals surface area contributed by atoms with Crippen molar-refractivity contribution in [3.8, 4) is 0 Å². The summed E-state index contributed by atoms with van der Waals surface area (Å²) >= 11 is 0. The first kappa shape index (κ1) is 61.3. The van der Waals surface area contributed by atoms with E-state index in [1.807, 2.05) is 83.1 Å². The summed E-state index contributed by atoms with van der Waals surface area (Å²) < 4.78 is 73.9. The van der Waals surface area contributed by atoms with Gasteiger partial charge in [0.2, 0.25) is 0 Å². The van der Waals surface area contributed by atoms with Gasteiger partial charge in [0.25, 0.3) is 0 Å². The Hall–Kier alpha value is -0.752. The van der Waals surface area contributed by atoms with Gasteiger partial charge < -0.3 is 62.9 Å². The summed E-state index contributed by atoms with van der Waals surface area (Å²) in [5.41, 5.74) is 0. The van der Waals surface area contributed by atoms with Crippen molar-refractivity contribution in [3.05, 3.63) is 11.6 Å². The molecule has 0 fully saturated rings. The zero-order valence-corrected chi connectivity index (χ0v) is 46.4. The van der Waals surface area contributed by atoms with E-state index in [9.17, 15) is 0 Å². The van der Waals surface area contributed by atoms with Crippen LogP contribution in [0.4, 0.5) is 0 Å². The average Bonchev–Trinajstić information content (AvgIpc) is 3.26. The predicted octanol–water partition coefficient (Wildman–Crippen LogP) is 6.71. The molecule has 1 aromatic heterocycles. The summed E-state index contributed by atoms with van der Waals surface area (Å²) in [7, 11) is -11.1.